The van der Waals surface area contributed by atoms with E-state index < -0.39 is 0 Å². The Labute approximate surface area is 119 Å². The van der Waals surface area contributed by atoms with Crippen molar-refractivity contribution in [3.05, 3.63) is 0 Å². The van der Waals surface area contributed by atoms with Crippen molar-refractivity contribution in [3.8, 4) is 0 Å². The van der Waals surface area contributed by atoms with E-state index in [2.05, 4.69) is 51.5 Å². The molecule has 1 saturated heterocycles. The third-order valence-electron chi connectivity index (χ3n) is 5.07. The fraction of sp³-hybridized carbons (Fsp3) is 1.00. The topological polar surface area (TPSA) is 15.7 Å². The molecule has 0 aromatic heterocycles. The summed E-state index contributed by atoms with van der Waals surface area (Å²) >= 11 is 0. The predicted octanol–water partition coefficient (Wildman–Crippen LogP) is 2.75. The van der Waals surface area contributed by atoms with Crippen LogP contribution >= 0.6 is 0 Å². The molecule has 1 heterocycles. The maximum absolute atomic E-state index is 5.67. The van der Waals surface area contributed by atoms with Crippen molar-refractivity contribution in [3.63, 3.8) is 0 Å². The summed E-state index contributed by atoms with van der Waals surface area (Å²) in [5.74, 6) is 0. The second-order valence-electron chi connectivity index (χ2n) is 8.25. The molecule has 0 bridgehead atoms. The standard InChI is InChI=1S/C16H32N2O/c1-14(2,3)18-11-13(10-15(18,4)5)17(6)12-16(19-7)8-9-16/h13H,8-12H2,1-7H3/t13-/m0/s1. The van der Waals surface area contributed by atoms with Crippen molar-refractivity contribution in [1.82, 2.24) is 9.80 Å². The zero-order chi connectivity index (χ0) is 14.5. The van der Waals surface area contributed by atoms with E-state index in [-0.39, 0.29) is 11.1 Å². The lowest BCUT2D eigenvalue weighted by molar-refractivity contribution is 0.0370. The minimum Gasteiger partial charge on any atom is -0.377 e. The van der Waals surface area contributed by atoms with Gasteiger partial charge in [-0.15, -0.1) is 0 Å². The number of likely N-dealkylation sites (tertiary alicyclic amines) is 1. The van der Waals surface area contributed by atoms with E-state index in [9.17, 15) is 0 Å². The first-order valence-corrected chi connectivity index (χ1v) is 7.63. The average molecular weight is 268 g/mol. The number of likely N-dealkylation sites (N-methyl/N-ethyl adjacent to an activating group) is 1. The smallest absolute Gasteiger partial charge is 0.0807 e. The summed E-state index contributed by atoms with van der Waals surface area (Å²) < 4.78 is 5.67. The van der Waals surface area contributed by atoms with E-state index >= 15 is 0 Å². The Hall–Kier alpha value is -0.120. The lowest BCUT2D eigenvalue weighted by atomic mass is 9.95. The van der Waals surface area contributed by atoms with Gasteiger partial charge in [-0.3, -0.25) is 9.80 Å². The van der Waals surface area contributed by atoms with Gasteiger partial charge in [0.2, 0.25) is 0 Å². The van der Waals surface area contributed by atoms with Crippen LogP contribution in [0.5, 0.6) is 0 Å². The molecule has 1 aliphatic heterocycles. The first-order valence-electron chi connectivity index (χ1n) is 7.63. The van der Waals surface area contributed by atoms with Gasteiger partial charge >= 0.3 is 0 Å². The number of hydrogen-bond acceptors (Lipinski definition) is 3. The maximum atomic E-state index is 5.67. The summed E-state index contributed by atoms with van der Waals surface area (Å²) in [6.07, 6.45) is 3.71. The first kappa shape index (κ1) is 15.3. The van der Waals surface area contributed by atoms with Gasteiger partial charge in [-0.1, -0.05) is 0 Å². The van der Waals surface area contributed by atoms with Crippen molar-refractivity contribution < 1.29 is 4.74 Å². The highest BCUT2D eigenvalue weighted by Crippen LogP contribution is 2.42. The second-order valence-corrected chi connectivity index (χ2v) is 8.25. The molecule has 0 aromatic carbocycles. The van der Waals surface area contributed by atoms with Gasteiger partial charge in [0.05, 0.1) is 5.60 Å². The molecule has 112 valence electrons. The molecule has 3 nitrogen and oxygen atoms in total. The van der Waals surface area contributed by atoms with E-state index in [1.54, 1.807) is 0 Å². The largest absolute Gasteiger partial charge is 0.377 e. The van der Waals surface area contributed by atoms with Crippen LogP contribution in [0.4, 0.5) is 0 Å². The number of methoxy groups -OCH3 is 1. The molecule has 3 heteroatoms. The zero-order valence-corrected chi connectivity index (χ0v) is 13.9. The van der Waals surface area contributed by atoms with E-state index in [1.807, 2.05) is 7.11 Å². The fourth-order valence-electron chi connectivity index (χ4n) is 3.84. The highest BCUT2D eigenvalue weighted by molar-refractivity contribution is 5.04. The first-order chi connectivity index (χ1) is 8.60. The van der Waals surface area contributed by atoms with Crippen LogP contribution in [0, 0.1) is 0 Å². The van der Waals surface area contributed by atoms with E-state index in [0.29, 0.717) is 11.6 Å². The summed E-state index contributed by atoms with van der Waals surface area (Å²) in [5, 5.41) is 0. The summed E-state index contributed by atoms with van der Waals surface area (Å²) in [6.45, 7) is 14.0. The SMILES string of the molecule is COC1(CN(C)[C@@H]2CN(C(C)(C)C)C(C)(C)C2)CC1. The van der Waals surface area contributed by atoms with Gasteiger partial charge in [-0.05, 0) is 60.9 Å². The number of hydrogen-bond donors (Lipinski definition) is 0. The van der Waals surface area contributed by atoms with Crippen LogP contribution in [0.2, 0.25) is 0 Å². The monoisotopic (exact) mass is 268 g/mol. The minimum atomic E-state index is 0.175. The van der Waals surface area contributed by atoms with Crippen molar-refractivity contribution >= 4 is 0 Å². The molecule has 1 atom stereocenters. The molecule has 0 unspecified atom stereocenters. The fourth-order valence-corrected chi connectivity index (χ4v) is 3.84. The Balaban J connectivity index is 2.00. The number of ether oxygens (including phenoxy) is 1. The summed E-state index contributed by atoms with van der Waals surface area (Å²) in [5.41, 5.74) is 0.715. The van der Waals surface area contributed by atoms with Crippen LogP contribution < -0.4 is 0 Å². The molecule has 2 aliphatic rings. The quantitative estimate of drug-likeness (QED) is 0.780. The maximum Gasteiger partial charge on any atom is 0.0807 e. The molecule has 0 radical (unpaired) electrons. The third-order valence-corrected chi connectivity index (χ3v) is 5.07. The Kier molecular flexibility index (Phi) is 3.79. The molecule has 1 saturated carbocycles. The summed E-state index contributed by atoms with van der Waals surface area (Å²) in [6, 6.07) is 0.654. The highest BCUT2D eigenvalue weighted by Gasteiger charge is 2.48. The van der Waals surface area contributed by atoms with Crippen LogP contribution in [0.15, 0.2) is 0 Å². The lowest BCUT2D eigenvalue weighted by Gasteiger charge is -2.42. The molecule has 0 N–H and O–H groups in total. The number of nitrogens with zero attached hydrogens (tertiary/aromatic N) is 2. The summed E-state index contributed by atoms with van der Waals surface area (Å²) in [7, 11) is 4.13. The van der Waals surface area contributed by atoms with Crippen LogP contribution in [-0.2, 0) is 4.74 Å². The molecule has 1 aliphatic carbocycles. The van der Waals surface area contributed by atoms with Crippen LogP contribution in [0.25, 0.3) is 0 Å². The molecule has 2 fully saturated rings. The van der Waals surface area contributed by atoms with Gasteiger partial charge in [-0.2, -0.15) is 0 Å². The van der Waals surface area contributed by atoms with Crippen LogP contribution in [-0.4, -0.2) is 59.8 Å². The predicted molar refractivity (Wildman–Crippen MR) is 80.5 cm³/mol. The van der Waals surface area contributed by atoms with Crippen LogP contribution in [0.1, 0.15) is 53.9 Å². The van der Waals surface area contributed by atoms with E-state index in [1.165, 1.54) is 25.8 Å². The van der Waals surface area contributed by atoms with E-state index in [4.69, 9.17) is 4.74 Å². The molecular weight excluding hydrogens is 236 g/mol. The summed E-state index contributed by atoms with van der Waals surface area (Å²) in [4.78, 5) is 5.19. The van der Waals surface area contributed by atoms with E-state index in [0.717, 1.165) is 6.54 Å². The van der Waals surface area contributed by atoms with Crippen molar-refractivity contribution in [2.24, 2.45) is 0 Å². The van der Waals surface area contributed by atoms with Gasteiger partial charge in [0.15, 0.2) is 0 Å². The molecule has 19 heavy (non-hydrogen) atoms. The van der Waals surface area contributed by atoms with Gasteiger partial charge in [0.1, 0.15) is 0 Å². The Morgan fingerprint density at radius 3 is 2.21 bits per heavy atom. The van der Waals surface area contributed by atoms with Gasteiger partial charge in [-0.25, -0.2) is 0 Å². The highest BCUT2D eigenvalue weighted by atomic mass is 16.5. The zero-order valence-electron chi connectivity index (χ0n) is 13.9. The van der Waals surface area contributed by atoms with Gasteiger partial charge < -0.3 is 4.74 Å². The second kappa shape index (κ2) is 4.71. The van der Waals surface area contributed by atoms with Gasteiger partial charge in [0.25, 0.3) is 0 Å². The van der Waals surface area contributed by atoms with Crippen molar-refractivity contribution in [2.45, 2.75) is 76.6 Å². The molecule has 0 amide bonds. The van der Waals surface area contributed by atoms with Gasteiger partial charge in [0, 0.05) is 37.3 Å². The van der Waals surface area contributed by atoms with Crippen molar-refractivity contribution in [2.75, 3.05) is 27.2 Å². The average Bonchev–Trinajstić information content (AvgIpc) is 2.94. The molecular formula is C16H32N2O. The Morgan fingerprint density at radius 1 is 1.26 bits per heavy atom. The van der Waals surface area contributed by atoms with Crippen LogP contribution in [0.3, 0.4) is 0 Å². The lowest BCUT2D eigenvalue weighted by Crippen LogP contribution is -2.50. The normalized spacial score (nSPS) is 30.0. The Bertz CT molecular complexity index is 328. The molecule has 0 aromatic rings. The van der Waals surface area contributed by atoms with Crippen molar-refractivity contribution in [1.29, 1.82) is 0 Å². The third kappa shape index (κ3) is 3.14. The Morgan fingerprint density at radius 2 is 1.84 bits per heavy atom. The number of rotatable bonds is 4. The minimum absolute atomic E-state index is 0.175. The molecule has 0 spiro atoms. The molecule has 2 rings (SSSR count).